The van der Waals surface area contributed by atoms with Crippen LogP contribution in [0.1, 0.15) is 37.9 Å². The summed E-state index contributed by atoms with van der Waals surface area (Å²) in [4.78, 5) is 14.3. The van der Waals surface area contributed by atoms with Crippen molar-refractivity contribution in [1.29, 1.82) is 0 Å². The van der Waals surface area contributed by atoms with Crippen LogP contribution in [-0.2, 0) is 21.2 Å². The fraction of sp³-hybridized carbons (Fsp3) is 0.688. The lowest BCUT2D eigenvalue weighted by Gasteiger charge is -2.27. The third-order valence-corrected chi connectivity index (χ3v) is 6.48. The van der Waals surface area contributed by atoms with E-state index in [4.69, 9.17) is 4.42 Å². The van der Waals surface area contributed by atoms with Crippen LogP contribution in [0.4, 0.5) is 0 Å². The van der Waals surface area contributed by atoms with Crippen LogP contribution >= 0.6 is 0 Å². The quantitative estimate of drug-likeness (QED) is 0.845. The summed E-state index contributed by atoms with van der Waals surface area (Å²) in [6.07, 6.45) is 6.60. The van der Waals surface area contributed by atoms with Crippen LogP contribution < -0.4 is 5.32 Å². The van der Waals surface area contributed by atoms with Gasteiger partial charge >= 0.3 is 0 Å². The first-order chi connectivity index (χ1) is 11.0. The fourth-order valence-corrected chi connectivity index (χ4v) is 5.27. The number of sulfone groups is 1. The molecule has 23 heavy (non-hydrogen) atoms. The standard InChI is InChI=1S/C16H24N2O4S/c19-16(17-13-4-1-2-5-13)11-18(10-15-6-3-8-22-15)14-7-9-23(20,21)12-14/h3,6,8,13-14H,1-2,4-5,7,9-12H2,(H,17,19). The van der Waals surface area contributed by atoms with Gasteiger partial charge in [0.25, 0.3) is 0 Å². The van der Waals surface area contributed by atoms with E-state index in [2.05, 4.69) is 5.32 Å². The van der Waals surface area contributed by atoms with Crippen LogP contribution in [0, 0.1) is 0 Å². The van der Waals surface area contributed by atoms with Gasteiger partial charge in [0.2, 0.25) is 5.91 Å². The van der Waals surface area contributed by atoms with Gasteiger partial charge in [0.05, 0.1) is 30.9 Å². The Labute approximate surface area is 137 Å². The van der Waals surface area contributed by atoms with Gasteiger partial charge in [0.15, 0.2) is 9.84 Å². The largest absolute Gasteiger partial charge is 0.468 e. The first kappa shape index (κ1) is 16.5. The van der Waals surface area contributed by atoms with Crippen molar-refractivity contribution in [1.82, 2.24) is 10.2 Å². The summed E-state index contributed by atoms with van der Waals surface area (Å²) in [5, 5.41) is 3.07. The van der Waals surface area contributed by atoms with Crippen molar-refractivity contribution < 1.29 is 17.6 Å². The maximum atomic E-state index is 12.3. The van der Waals surface area contributed by atoms with Gasteiger partial charge in [-0.15, -0.1) is 0 Å². The second-order valence-electron chi connectivity index (χ2n) is 6.59. The van der Waals surface area contributed by atoms with Gasteiger partial charge in [-0.05, 0) is 31.4 Å². The van der Waals surface area contributed by atoms with Gasteiger partial charge in [0, 0.05) is 12.1 Å². The van der Waals surface area contributed by atoms with Crippen molar-refractivity contribution in [3.05, 3.63) is 24.2 Å². The SMILES string of the molecule is O=C(CN(Cc1ccco1)C1CCS(=O)(=O)C1)NC1CCCC1. The molecule has 1 unspecified atom stereocenters. The normalized spacial score (nSPS) is 24.3. The predicted molar refractivity (Wildman–Crippen MR) is 86.6 cm³/mol. The van der Waals surface area contributed by atoms with Gasteiger partial charge in [-0.2, -0.15) is 0 Å². The molecule has 1 atom stereocenters. The summed E-state index contributed by atoms with van der Waals surface area (Å²) in [7, 11) is -2.98. The Morgan fingerprint density at radius 1 is 1.30 bits per heavy atom. The number of carbonyl (C=O) groups excluding carboxylic acids is 1. The van der Waals surface area contributed by atoms with Crippen LogP contribution in [0.3, 0.4) is 0 Å². The summed E-state index contributed by atoms with van der Waals surface area (Å²) in [6.45, 7) is 0.683. The van der Waals surface area contributed by atoms with E-state index < -0.39 is 9.84 Å². The lowest BCUT2D eigenvalue weighted by atomic mass is 10.2. The monoisotopic (exact) mass is 340 g/mol. The van der Waals surface area contributed by atoms with Gasteiger partial charge < -0.3 is 9.73 Å². The maximum Gasteiger partial charge on any atom is 0.234 e. The lowest BCUT2D eigenvalue weighted by molar-refractivity contribution is -0.123. The number of rotatable bonds is 6. The maximum absolute atomic E-state index is 12.3. The third kappa shape index (κ3) is 4.57. The molecular formula is C16H24N2O4S. The summed E-state index contributed by atoms with van der Waals surface area (Å²) in [5.41, 5.74) is 0. The highest BCUT2D eigenvalue weighted by molar-refractivity contribution is 7.91. The van der Waals surface area contributed by atoms with Gasteiger partial charge in [-0.1, -0.05) is 12.8 Å². The van der Waals surface area contributed by atoms with Crippen molar-refractivity contribution in [3.8, 4) is 0 Å². The first-order valence-corrected chi connectivity index (χ1v) is 10.1. The number of hydrogen-bond acceptors (Lipinski definition) is 5. The van der Waals surface area contributed by atoms with Crippen LogP contribution in [0.15, 0.2) is 22.8 Å². The zero-order valence-corrected chi connectivity index (χ0v) is 14.1. The molecule has 0 spiro atoms. The Bertz CT molecular complexity index is 621. The van der Waals surface area contributed by atoms with E-state index in [0.717, 1.165) is 18.6 Å². The molecule has 1 aliphatic heterocycles. The minimum absolute atomic E-state index is 0.0206. The van der Waals surface area contributed by atoms with E-state index in [1.54, 1.807) is 12.3 Å². The fourth-order valence-electron chi connectivity index (χ4n) is 3.51. The molecule has 1 saturated heterocycles. The third-order valence-electron chi connectivity index (χ3n) is 4.73. The van der Waals surface area contributed by atoms with E-state index in [0.29, 0.717) is 13.0 Å². The molecule has 2 fully saturated rings. The minimum Gasteiger partial charge on any atom is -0.468 e. The second kappa shape index (κ2) is 7.05. The average Bonchev–Trinajstić information content (AvgIpc) is 3.20. The summed E-state index contributed by atoms with van der Waals surface area (Å²) in [6, 6.07) is 3.82. The molecule has 1 aliphatic carbocycles. The van der Waals surface area contributed by atoms with E-state index in [9.17, 15) is 13.2 Å². The predicted octanol–water partition coefficient (Wildman–Crippen LogP) is 1.33. The van der Waals surface area contributed by atoms with E-state index in [1.165, 1.54) is 12.8 Å². The Balaban J connectivity index is 1.63. The van der Waals surface area contributed by atoms with E-state index >= 15 is 0 Å². The Morgan fingerprint density at radius 3 is 2.70 bits per heavy atom. The van der Waals surface area contributed by atoms with Crippen molar-refractivity contribution in [2.45, 2.75) is 50.7 Å². The molecule has 1 saturated carbocycles. The molecule has 3 rings (SSSR count). The number of hydrogen-bond donors (Lipinski definition) is 1. The average molecular weight is 340 g/mol. The topological polar surface area (TPSA) is 79.6 Å². The Kier molecular flexibility index (Phi) is 5.06. The number of amides is 1. The van der Waals surface area contributed by atoms with Gasteiger partial charge in [-0.25, -0.2) is 8.42 Å². The summed E-state index contributed by atoms with van der Waals surface area (Å²) >= 11 is 0. The lowest BCUT2D eigenvalue weighted by Crippen LogP contribution is -2.45. The number of nitrogens with zero attached hydrogens (tertiary/aromatic N) is 1. The van der Waals surface area contributed by atoms with Crippen LogP contribution in [0.25, 0.3) is 0 Å². The van der Waals surface area contributed by atoms with Crippen LogP contribution in [0.2, 0.25) is 0 Å². The van der Waals surface area contributed by atoms with Crippen molar-refractivity contribution in [3.63, 3.8) is 0 Å². The molecule has 1 amide bonds. The van der Waals surface area contributed by atoms with E-state index in [1.807, 2.05) is 11.0 Å². The molecule has 0 radical (unpaired) electrons. The highest BCUT2D eigenvalue weighted by Crippen LogP contribution is 2.21. The van der Waals surface area contributed by atoms with Gasteiger partial charge in [-0.3, -0.25) is 9.69 Å². The second-order valence-corrected chi connectivity index (χ2v) is 8.82. The first-order valence-electron chi connectivity index (χ1n) is 8.28. The van der Waals surface area contributed by atoms with Crippen molar-refractivity contribution in [2.75, 3.05) is 18.1 Å². The molecule has 1 aromatic heterocycles. The van der Waals surface area contributed by atoms with Crippen molar-refractivity contribution in [2.24, 2.45) is 0 Å². The van der Waals surface area contributed by atoms with E-state index in [-0.39, 0.29) is 36.0 Å². The molecular weight excluding hydrogens is 316 g/mol. The molecule has 0 aromatic carbocycles. The molecule has 2 heterocycles. The molecule has 128 valence electrons. The number of carbonyl (C=O) groups is 1. The number of furan rings is 1. The van der Waals surface area contributed by atoms with Gasteiger partial charge in [0.1, 0.15) is 5.76 Å². The molecule has 6 nitrogen and oxygen atoms in total. The highest BCUT2D eigenvalue weighted by atomic mass is 32.2. The van der Waals surface area contributed by atoms with Crippen molar-refractivity contribution >= 4 is 15.7 Å². The zero-order valence-electron chi connectivity index (χ0n) is 13.2. The van der Waals surface area contributed by atoms with Crippen LogP contribution in [-0.4, -0.2) is 49.4 Å². The molecule has 1 N–H and O–H groups in total. The molecule has 2 aliphatic rings. The Hall–Kier alpha value is -1.34. The summed E-state index contributed by atoms with van der Waals surface area (Å²) in [5.74, 6) is 1.07. The number of nitrogens with one attached hydrogen (secondary N) is 1. The van der Waals surface area contributed by atoms with Crippen LogP contribution in [0.5, 0.6) is 0 Å². The highest BCUT2D eigenvalue weighted by Gasteiger charge is 2.33. The molecule has 1 aromatic rings. The minimum atomic E-state index is -2.98. The Morgan fingerprint density at radius 2 is 2.09 bits per heavy atom. The smallest absolute Gasteiger partial charge is 0.234 e. The zero-order chi connectivity index (χ0) is 16.3. The summed E-state index contributed by atoms with van der Waals surface area (Å²) < 4.78 is 28.9. The molecule has 0 bridgehead atoms. The molecule has 7 heteroatoms.